The minimum atomic E-state index is -0.0470. The Balaban J connectivity index is 2.12. The lowest BCUT2D eigenvalue weighted by Gasteiger charge is -2.23. The zero-order chi connectivity index (χ0) is 13.1. The number of amides is 1. The molecule has 2 rings (SSSR count). The third-order valence-electron chi connectivity index (χ3n) is 3.08. The molecule has 6 nitrogen and oxygen atoms in total. The van der Waals surface area contributed by atoms with E-state index in [1.165, 1.54) is 0 Å². The Hall–Kier alpha value is -1.43. The van der Waals surface area contributed by atoms with Crippen molar-refractivity contribution in [3.8, 4) is 0 Å². The van der Waals surface area contributed by atoms with Crippen molar-refractivity contribution in [1.82, 2.24) is 15.0 Å². The van der Waals surface area contributed by atoms with E-state index in [-0.39, 0.29) is 17.9 Å². The summed E-state index contributed by atoms with van der Waals surface area (Å²) >= 11 is 0. The van der Waals surface area contributed by atoms with Crippen LogP contribution < -0.4 is 0 Å². The largest absolute Gasteiger partial charge is 0.375 e. The predicted octanol–water partition coefficient (Wildman–Crippen LogP) is 1.54. The highest BCUT2D eigenvalue weighted by Gasteiger charge is 2.34. The Morgan fingerprint density at radius 1 is 1.61 bits per heavy atom. The van der Waals surface area contributed by atoms with Crippen LogP contribution in [0.1, 0.15) is 44.4 Å². The highest BCUT2D eigenvalue weighted by atomic mass is 16.5. The predicted molar refractivity (Wildman–Crippen MR) is 63.5 cm³/mol. The molecule has 0 saturated carbocycles. The van der Waals surface area contributed by atoms with Gasteiger partial charge in [0.15, 0.2) is 5.82 Å². The van der Waals surface area contributed by atoms with Gasteiger partial charge in [-0.05, 0) is 12.8 Å². The van der Waals surface area contributed by atoms with Gasteiger partial charge < -0.3 is 14.2 Å². The Bertz CT molecular complexity index is 416. The maximum Gasteiger partial charge on any atom is 0.252 e. The minimum Gasteiger partial charge on any atom is -0.375 e. The fourth-order valence-electron chi connectivity index (χ4n) is 2.22. The number of aromatic nitrogens is 2. The van der Waals surface area contributed by atoms with Crippen molar-refractivity contribution in [2.24, 2.45) is 5.92 Å². The molecule has 1 aliphatic rings. The van der Waals surface area contributed by atoms with Gasteiger partial charge in [0, 0.05) is 19.6 Å². The maximum atomic E-state index is 12.1. The first-order valence-electron chi connectivity index (χ1n) is 6.25. The van der Waals surface area contributed by atoms with E-state index >= 15 is 0 Å². The number of ether oxygens (including phenoxy) is 1. The first kappa shape index (κ1) is 13.0. The normalized spacial score (nSPS) is 19.8. The van der Waals surface area contributed by atoms with Gasteiger partial charge in [-0.25, -0.2) is 0 Å². The Morgan fingerprint density at radius 3 is 3.06 bits per heavy atom. The second-order valence-corrected chi connectivity index (χ2v) is 4.82. The molecule has 0 unspecified atom stereocenters. The standard InChI is InChI=1S/C12H19N3O3/c1-8(2)12(16)15-6-4-5-9(15)11-13-10(7-17-3)18-14-11/h8-9H,4-7H2,1-3H3/t9-/m1/s1. The highest BCUT2D eigenvalue weighted by molar-refractivity contribution is 5.78. The van der Waals surface area contributed by atoms with Crippen LogP contribution >= 0.6 is 0 Å². The lowest BCUT2D eigenvalue weighted by molar-refractivity contribution is -0.135. The number of hydrogen-bond donors (Lipinski definition) is 0. The van der Waals surface area contributed by atoms with Gasteiger partial charge in [-0.3, -0.25) is 4.79 Å². The molecule has 0 aromatic carbocycles. The number of carbonyl (C=O) groups excluding carboxylic acids is 1. The quantitative estimate of drug-likeness (QED) is 0.814. The minimum absolute atomic E-state index is 0.00375. The van der Waals surface area contributed by atoms with Gasteiger partial charge in [0.25, 0.3) is 5.89 Å². The third-order valence-corrected chi connectivity index (χ3v) is 3.08. The van der Waals surface area contributed by atoms with Crippen LogP contribution in [0, 0.1) is 5.92 Å². The average molecular weight is 253 g/mol. The number of nitrogens with zero attached hydrogens (tertiary/aromatic N) is 3. The summed E-state index contributed by atoms with van der Waals surface area (Å²) in [7, 11) is 1.58. The molecule has 6 heteroatoms. The molecule has 1 saturated heterocycles. The molecule has 1 amide bonds. The summed E-state index contributed by atoms with van der Waals surface area (Å²) in [4.78, 5) is 18.2. The SMILES string of the molecule is COCc1nc([C@H]2CCCN2C(=O)C(C)C)no1. The van der Waals surface area contributed by atoms with Crippen molar-refractivity contribution in [1.29, 1.82) is 0 Å². The Kier molecular flexibility index (Phi) is 3.96. The monoisotopic (exact) mass is 253 g/mol. The molecular weight excluding hydrogens is 234 g/mol. The van der Waals surface area contributed by atoms with Gasteiger partial charge in [0.2, 0.25) is 5.91 Å². The van der Waals surface area contributed by atoms with Gasteiger partial charge in [0.05, 0.1) is 6.04 Å². The Labute approximate surface area is 106 Å². The van der Waals surface area contributed by atoms with Crippen molar-refractivity contribution < 1.29 is 14.1 Å². The number of hydrogen-bond acceptors (Lipinski definition) is 5. The van der Waals surface area contributed by atoms with Crippen LogP contribution in [-0.4, -0.2) is 34.6 Å². The van der Waals surface area contributed by atoms with Crippen LogP contribution in [0.4, 0.5) is 0 Å². The molecule has 1 fully saturated rings. The fourth-order valence-corrected chi connectivity index (χ4v) is 2.22. The van der Waals surface area contributed by atoms with Crippen molar-refractivity contribution in [2.45, 2.75) is 39.3 Å². The van der Waals surface area contributed by atoms with E-state index in [0.29, 0.717) is 18.3 Å². The third kappa shape index (κ3) is 2.53. The number of rotatable bonds is 4. The average Bonchev–Trinajstić information content (AvgIpc) is 2.95. The second-order valence-electron chi connectivity index (χ2n) is 4.82. The molecule has 0 radical (unpaired) electrons. The lowest BCUT2D eigenvalue weighted by atomic mass is 10.1. The number of likely N-dealkylation sites (tertiary alicyclic amines) is 1. The molecule has 1 aromatic heterocycles. The second kappa shape index (κ2) is 5.48. The van der Waals surface area contributed by atoms with Crippen LogP contribution in [0.3, 0.4) is 0 Å². The molecule has 1 atom stereocenters. The topological polar surface area (TPSA) is 68.5 Å². The zero-order valence-corrected chi connectivity index (χ0v) is 11.0. The van der Waals surface area contributed by atoms with E-state index in [1.54, 1.807) is 7.11 Å². The van der Waals surface area contributed by atoms with Crippen LogP contribution in [0.25, 0.3) is 0 Å². The van der Waals surface area contributed by atoms with Crippen LogP contribution in [0.5, 0.6) is 0 Å². The summed E-state index contributed by atoms with van der Waals surface area (Å²) in [6, 6.07) is -0.0470. The van der Waals surface area contributed by atoms with E-state index < -0.39 is 0 Å². The molecule has 0 bridgehead atoms. The maximum absolute atomic E-state index is 12.1. The molecule has 18 heavy (non-hydrogen) atoms. The van der Waals surface area contributed by atoms with Gasteiger partial charge in [-0.15, -0.1) is 0 Å². The molecule has 1 aromatic rings. The molecule has 100 valence electrons. The summed E-state index contributed by atoms with van der Waals surface area (Å²) < 4.78 is 10.0. The van der Waals surface area contributed by atoms with Crippen molar-refractivity contribution >= 4 is 5.91 Å². The zero-order valence-electron chi connectivity index (χ0n) is 11.0. The summed E-state index contributed by atoms with van der Waals surface area (Å²) in [6.07, 6.45) is 1.88. The molecule has 0 spiro atoms. The van der Waals surface area contributed by atoms with Crippen LogP contribution in [0.2, 0.25) is 0 Å². The number of carbonyl (C=O) groups is 1. The van der Waals surface area contributed by atoms with Gasteiger partial charge in [-0.2, -0.15) is 4.98 Å². The van der Waals surface area contributed by atoms with Crippen LogP contribution in [-0.2, 0) is 16.1 Å². The molecule has 1 aliphatic heterocycles. The molecule has 0 aliphatic carbocycles. The van der Waals surface area contributed by atoms with E-state index in [0.717, 1.165) is 19.4 Å². The lowest BCUT2D eigenvalue weighted by Crippen LogP contribution is -2.34. The summed E-state index contributed by atoms with van der Waals surface area (Å²) in [6.45, 7) is 4.89. The first-order chi connectivity index (χ1) is 8.63. The summed E-state index contributed by atoms with van der Waals surface area (Å²) in [5.74, 6) is 1.19. The van der Waals surface area contributed by atoms with Gasteiger partial charge in [-0.1, -0.05) is 19.0 Å². The van der Waals surface area contributed by atoms with E-state index in [4.69, 9.17) is 9.26 Å². The number of methoxy groups -OCH3 is 1. The first-order valence-corrected chi connectivity index (χ1v) is 6.25. The molecule has 0 N–H and O–H groups in total. The summed E-state index contributed by atoms with van der Waals surface area (Å²) in [5.41, 5.74) is 0. The smallest absolute Gasteiger partial charge is 0.252 e. The highest BCUT2D eigenvalue weighted by Crippen LogP contribution is 2.31. The molecular formula is C12H19N3O3. The fraction of sp³-hybridized carbons (Fsp3) is 0.750. The van der Waals surface area contributed by atoms with Crippen molar-refractivity contribution in [3.05, 3.63) is 11.7 Å². The van der Waals surface area contributed by atoms with Gasteiger partial charge in [0.1, 0.15) is 6.61 Å². The van der Waals surface area contributed by atoms with E-state index in [9.17, 15) is 4.79 Å². The van der Waals surface area contributed by atoms with Gasteiger partial charge >= 0.3 is 0 Å². The summed E-state index contributed by atoms with van der Waals surface area (Å²) in [5, 5.41) is 3.95. The van der Waals surface area contributed by atoms with Crippen LogP contribution in [0.15, 0.2) is 4.52 Å². The van der Waals surface area contributed by atoms with E-state index in [2.05, 4.69) is 10.1 Å². The Morgan fingerprint density at radius 2 is 2.39 bits per heavy atom. The van der Waals surface area contributed by atoms with E-state index in [1.807, 2.05) is 18.7 Å². The van der Waals surface area contributed by atoms with Crippen molar-refractivity contribution in [3.63, 3.8) is 0 Å². The van der Waals surface area contributed by atoms with Crippen molar-refractivity contribution in [2.75, 3.05) is 13.7 Å². The molecule has 2 heterocycles.